The summed E-state index contributed by atoms with van der Waals surface area (Å²) < 4.78 is 35.4. The molecule has 1 unspecified atom stereocenters. The summed E-state index contributed by atoms with van der Waals surface area (Å²) in [5, 5.41) is 0. The van der Waals surface area contributed by atoms with Gasteiger partial charge in [-0.05, 0) is 13.0 Å². The Kier molecular flexibility index (Phi) is 3.31. The molecule has 66 valence electrons. The van der Waals surface area contributed by atoms with Crippen LogP contribution in [0.5, 0.6) is 0 Å². The van der Waals surface area contributed by atoms with E-state index in [-0.39, 0.29) is 6.54 Å². The molecule has 0 aliphatic carbocycles. The topological polar surface area (TPSA) is 69.1 Å². The van der Waals surface area contributed by atoms with Crippen LogP contribution in [-0.2, 0) is 4.79 Å². The summed E-state index contributed by atoms with van der Waals surface area (Å²) in [7, 11) is 0. The van der Waals surface area contributed by atoms with E-state index in [1.807, 2.05) is 0 Å². The zero-order valence-electron chi connectivity index (χ0n) is 5.69. The van der Waals surface area contributed by atoms with E-state index in [9.17, 15) is 18.0 Å². The molecule has 0 aliphatic heterocycles. The highest BCUT2D eigenvalue weighted by Crippen LogP contribution is 2.27. The molecule has 0 saturated carbocycles. The normalized spacial score (nSPS) is 14.5. The summed E-state index contributed by atoms with van der Waals surface area (Å²) in [6.45, 7) is -0.201. The van der Waals surface area contributed by atoms with E-state index in [1.54, 1.807) is 0 Å². The molecule has 0 bridgehead atoms. The van der Waals surface area contributed by atoms with Crippen molar-refractivity contribution >= 4 is 5.91 Å². The van der Waals surface area contributed by atoms with Gasteiger partial charge in [0.1, 0.15) is 5.92 Å². The molecule has 0 aliphatic rings. The molecule has 6 heteroatoms. The van der Waals surface area contributed by atoms with Crippen molar-refractivity contribution in [2.75, 3.05) is 6.54 Å². The number of rotatable bonds is 3. The minimum atomic E-state index is -4.56. The molecular formula is C5H9F3N2O. The summed E-state index contributed by atoms with van der Waals surface area (Å²) in [6.07, 6.45) is -5.01. The predicted octanol–water partition coefficient (Wildman–Crippen LogP) is -0.00100. The van der Waals surface area contributed by atoms with E-state index in [2.05, 4.69) is 5.73 Å². The Bertz CT molecular complexity index is 145. The fourth-order valence-corrected chi connectivity index (χ4v) is 0.634. The van der Waals surface area contributed by atoms with Gasteiger partial charge in [-0.1, -0.05) is 0 Å². The van der Waals surface area contributed by atoms with Crippen molar-refractivity contribution in [3.63, 3.8) is 0 Å². The fraction of sp³-hybridized carbons (Fsp3) is 0.800. The maximum atomic E-state index is 11.8. The molecule has 0 aromatic rings. The first-order valence-corrected chi connectivity index (χ1v) is 2.95. The van der Waals surface area contributed by atoms with E-state index in [0.717, 1.165) is 0 Å². The van der Waals surface area contributed by atoms with Crippen LogP contribution in [0.3, 0.4) is 0 Å². The highest BCUT2D eigenvalue weighted by molar-refractivity contribution is 5.77. The van der Waals surface area contributed by atoms with Gasteiger partial charge in [-0.3, -0.25) is 4.79 Å². The number of hydrogen-bond acceptors (Lipinski definition) is 2. The first-order valence-electron chi connectivity index (χ1n) is 2.95. The molecule has 0 fully saturated rings. The highest BCUT2D eigenvalue weighted by Gasteiger charge is 2.42. The molecule has 3 nitrogen and oxygen atoms in total. The minimum Gasteiger partial charge on any atom is -0.369 e. The summed E-state index contributed by atoms with van der Waals surface area (Å²) in [5.41, 5.74) is 9.35. The molecule has 0 aromatic heterocycles. The van der Waals surface area contributed by atoms with Gasteiger partial charge in [-0.2, -0.15) is 13.2 Å². The van der Waals surface area contributed by atoms with Crippen LogP contribution in [0.15, 0.2) is 0 Å². The maximum absolute atomic E-state index is 11.8. The highest BCUT2D eigenvalue weighted by atomic mass is 19.4. The third kappa shape index (κ3) is 3.22. The molecule has 0 aromatic carbocycles. The lowest BCUT2D eigenvalue weighted by Gasteiger charge is -2.15. The van der Waals surface area contributed by atoms with Crippen LogP contribution in [0.25, 0.3) is 0 Å². The van der Waals surface area contributed by atoms with Crippen LogP contribution in [0.2, 0.25) is 0 Å². The van der Waals surface area contributed by atoms with Crippen molar-refractivity contribution < 1.29 is 18.0 Å². The number of nitrogens with two attached hydrogens (primary N) is 2. The van der Waals surface area contributed by atoms with Crippen molar-refractivity contribution in [3.8, 4) is 0 Å². The lowest BCUT2D eigenvalue weighted by molar-refractivity contribution is -0.181. The molecule has 1 atom stereocenters. The summed E-state index contributed by atoms with van der Waals surface area (Å²) in [4.78, 5) is 10.2. The Morgan fingerprint density at radius 3 is 2.00 bits per heavy atom. The fourth-order valence-electron chi connectivity index (χ4n) is 0.634. The lowest BCUT2D eigenvalue weighted by Crippen LogP contribution is -2.37. The van der Waals surface area contributed by atoms with Gasteiger partial charge in [0.2, 0.25) is 5.91 Å². The van der Waals surface area contributed by atoms with Crippen LogP contribution < -0.4 is 11.5 Å². The van der Waals surface area contributed by atoms with Gasteiger partial charge in [-0.25, -0.2) is 0 Å². The van der Waals surface area contributed by atoms with E-state index in [0.29, 0.717) is 0 Å². The van der Waals surface area contributed by atoms with Crippen LogP contribution >= 0.6 is 0 Å². The van der Waals surface area contributed by atoms with Gasteiger partial charge in [0.05, 0.1) is 0 Å². The summed E-state index contributed by atoms with van der Waals surface area (Å²) in [5.74, 6) is -3.48. The molecule has 0 spiro atoms. The van der Waals surface area contributed by atoms with Crippen LogP contribution in [0.4, 0.5) is 13.2 Å². The van der Waals surface area contributed by atoms with E-state index in [1.165, 1.54) is 0 Å². The Hall–Kier alpha value is -0.780. The first kappa shape index (κ1) is 10.2. The number of carbonyl (C=O) groups excluding carboxylic acids is 1. The smallest absolute Gasteiger partial charge is 0.369 e. The van der Waals surface area contributed by atoms with Gasteiger partial charge in [0.25, 0.3) is 0 Å². The van der Waals surface area contributed by atoms with Crippen LogP contribution in [0.1, 0.15) is 6.42 Å². The average Bonchev–Trinajstić information content (AvgIpc) is 1.79. The number of alkyl halides is 3. The molecule has 0 rings (SSSR count). The monoisotopic (exact) mass is 170 g/mol. The summed E-state index contributed by atoms with van der Waals surface area (Å²) in [6, 6.07) is 0. The molecule has 1 amide bonds. The molecular weight excluding hydrogens is 161 g/mol. The van der Waals surface area contributed by atoms with E-state index in [4.69, 9.17) is 5.73 Å². The van der Waals surface area contributed by atoms with Gasteiger partial charge in [0, 0.05) is 0 Å². The second-order valence-corrected chi connectivity index (χ2v) is 2.07. The second kappa shape index (κ2) is 3.56. The van der Waals surface area contributed by atoms with Crippen molar-refractivity contribution in [1.29, 1.82) is 0 Å². The maximum Gasteiger partial charge on any atom is 0.400 e. The summed E-state index contributed by atoms with van der Waals surface area (Å²) >= 11 is 0. The van der Waals surface area contributed by atoms with Gasteiger partial charge in [-0.15, -0.1) is 0 Å². The van der Waals surface area contributed by atoms with Gasteiger partial charge >= 0.3 is 6.18 Å². The number of hydrogen-bond donors (Lipinski definition) is 2. The van der Waals surface area contributed by atoms with Crippen molar-refractivity contribution in [2.45, 2.75) is 12.6 Å². The first-order chi connectivity index (χ1) is 4.89. The zero-order chi connectivity index (χ0) is 9.07. The quantitative estimate of drug-likeness (QED) is 0.625. The third-order valence-corrected chi connectivity index (χ3v) is 1.19. The van der Waals surface area contributed by atoms with E-state index < -0.39 is 24.4 Å². The molecule has 0 radical (unpaired) electrons. The number of primary amides is 1. The Balaban J connectivity index is 4.22. The molecule has 11 heavy (non-hydrogen) atoms. The SMILES string of the molecule is NCCC(C(N)=O)C(F)(F)F. The van der Waals surface area contributed by atoms with Gasteiger partial charge < -0.3 is 11.5 Å². The minimum absolute atomic E-state index is 0.201. The Labute approximate surface area is 61.5 Å². The number of halogens is 3. The zero-order valence-corrected chi connectivity index (χ0v) is 5.69. The Morgan fingerprint density at radius 1 is 1.45 bits per heavy atom. The standard InChI is InChI=1S/C5H9F3N2O/c6-5(7,8)3(1-2-9)4(10)11/h3H,1-2,9H2,(H2,10,11). The van der Waals surface area contributed by atoms with Gasteiger partial charge in [0.15, 0.2) is 0 Å². The Morgan fingerprint density at radius 2 is 1.91 bits per heavy atom. The van der Waals surface area contributed by atoms with E-state index >= 15 is 0 Å². The molecule has 0 saturated heterocycles. The lowest BCUT2D eigenvalue weighted by atomic mass is 10.1. The average molecular weight is 170 g/mol. The second-order valence-electron chi connectivity index (χ2n) is 2.07. The van der Waals surface area contributed by atoms with Crippen molar-refractivity contribution in [2.24, 2.45) is 17.4 Å². The third-order valence-electron chi connectivity index (χ3n) is 1.19. The van der Waals surface area contributed by atoms with Crippen LogP contribution in [-0.4, -0.2) is 18.6 Å². The largest absolute Gasteiger partial charge is 0.400 e. The predicted molar refractivity (Wildman–Crippen MR) is 32.4 cm³/mol. The van der Waals surface area contributed by atoms with Crippen molar-refractivity contribution in [1.82, 2.24) is 0 Å². The molecule has 4 N–H and O–H groups in total. The van der Waals surface area contributed by atoms with Crippen molar-refractivity contribution in [3.05, 3.63) is 0 Å². The number of carbonyl (C=O) groups is 1. The number of amides is 1. The molecule has 0 heterocycles. The van der Waals surface area contributed by atoms with Crippen LogP contribution in [0, 0.1) is 5.92 Å².